The molecule has 1 atom stereocenters. The number of carbonyl (C=O) groups excluding carboxylic acids is 2. The third-order valence-corrected chi connectivity index (χ3v) is 6.72. The first kappa shape index (κ1) is 22.5. The molecule has 0 bridgehead atoms. The number of aryl methyl sites for hydroxylation is 1. The van der Waals surface area contributed by atoms with E-state index in [4.69, 9.17) is 16.0 Å². The minimum atomic E-state index is -0.650. The Kier molecular flexibility index (Phi) is 5.61. The molecule has 2 aromatic carbocycles. The fourth-order valence-corrected chi connectivity index (χ4v) is 5.12. The van der Waals surface area contributed by atoms with Gasteiger partial charge >= 0.3 is 0 Å². The molecule has 3 aromatic rings. The predicted molar refractivity (Wildman–Crippen MR) is 134 cm³/mol. The molecule has 0 spiro atoms. The standard InChI is InChI=1S/C28H27ClN2O3/c1-17-8-13-24(34-17)27-26-21(15-28(2,3)16-23(26)32)30-20-6-4-5-7-22(20)31(27)25(33)14-18-9-11-19(29)12-10-18/h4-13,27,30H,14-16H2,1-3H3. The number of fused-ring (bicyclic) bond motifs is 1. The van der Waals surface area contributed by atoms with Gasteiger partial charge in [-0.25, -0.2) is 0 Å². The largest absolute Gasteiger partial charge is 0.464 e. The van der Waals surface area contributed by atoms with Crippen molar-refractivity contribution in [2.45, 2.75) is 46.1 Å². The highest BCUT2D eigenvalue weighted by Gasteiger charge is 2.44. The average Bonchev–Trinajstić information content (AvgIpc) is 3.13. The summed E-state index contributed by atoms with van der Waals surface area (Å²) in [6, 6.07) is 18.1. The number of para-hydroxylation sites is 2. The monoisotopic (exact) mass is 474 g/mol. The average molecular weight is 475 g/mol. The molecule has 0 saturated carbocycles. The van der Waals surface area contributed by atoms with Crippen LogP contribution in [-0.2, 0) is 16.0 Å². The Bertz CT molecular complexity index is 1300. The van der Waals surface area contributed by atoms with Gasteiger partial charge in [-0.05, 0) is 60.7 Å². The van der Waals surface area contributed by atoms with Crippen molar-refractivity contribution in [3.05, 3.63) is 94.0 Å². The summed E-state index contributed by atoms with van der Waals surface area (Å²) >= 11 is 6.05. The number of halogens is 1. The second-order valence-electron chi connectivity index (χ2n) is 9.89. The van der Waals surface area contributed by atoms with E-state index in [0.29, 0.717) is 29.2 Å². The van der Waals surface area contributed by atoms with E-state index >= 15 is 0 Å². The van der Waals surface area contributed by atoms with Crippen molar-refractivity contribution in [1.29, 1.82) is 0 Å². The van der Waals surface area contributed by atoms with Gasteiger partial charge in [0.1, 0.15) is 17.6 Å². The maximum Gasteiger partial charge on any atom is 0.232 e. The SMILES string of the molecule is Cc1ccc(C2C3=C(CC(C)(C)CC3=O)Nc3ccccc3N2C(=O)Cc2ccc(Cl)cc2)o1. The van der Waals surface area contributed by atoms with Gasteiger partial charge in [0.25, 0.3) is 0 Å². The van der Waals surface area contributed by atoms with E-state index < -0.39 is 6.04 Å². The maximum absolute atomic E-state index is 14.0. The van der Waals surface area contributed by atoms with Gasteiger partial charge in [-0.15, -0.1) is 0 Å². The zero-order valence-electron chi connectivity index (χ0n) is 19.5. The van der Waals surface area contributed by atoms with Gasteiger partial charge in [0.05, 0.1) is 17.8 Å². The van der Waals surface area contributed by atoms with Crippen molar-refractivity contribution < 1.29 is 14.0 Å². The minimum absolute atomic E-state index is 0.0369. The van der Waals surface area contributed by atoms with Crippen molar-refractivity contribution in [2.24, 2.45) is 5.41 Å². The summed E-state index contributed by atoms with van der Waals surface area (Å²) in [6.07, 6.45) is 1.29. The summed E-state index contributed by atoms with van der Waals surface area (Å²) in [5.74, 6) is 1.23. The number of benzene rings is 2. The van der Waals surface area contributed by atoms with E-state index in [0.717, 1.165) is 28.4 Å². The maximum atomic E-state index is 14.0. The fourth-order valence-electron chi connectivity index (χ4n) is 4.99. The number of nitrogens with one attached hydrogen (secondary N) is 1. The van der Waals surface area contributed by atoms with Gasteiger partial charge < -0.3 is 9.73 Å². The molecule has 2 aliphatic rings. The molecule has 0 saturated heterocycles. The van der Waals surface area contributed by atoms with E-state index in [9.17, 15) is 9.59 Å². The molecule has 1 aromatic heterocycles. The van der Waals surface area contributed by atoms with Gasteiger partial charge in [-0.3, -0.25) is 14.5 Å². The lowest BCUT2D eigenvalue weighted by molar-refractivity contribution is -0.119. The molecule has 1 aliphatic carbocycles. The summed E-state index contributed by atoms with van der Waals surface area (Å²) in [7, 11) is 0. The van der Waals surface area contributed by atoms with Gasteiger partial charge in [-0.2, -0.15) is 0 Å². The van der Waals surface area contributed by atoms with Crippen LogP contribution in [0.5, 0.6) is 0 Å². The number of allylic oxidation sites excluding steroid dienone is 1. The number of ketones is 1. The van der Waals surface area contributed by atoms with E-state index in [-0.39, 0.29) is 23.5 Å². The minimum Gasteiger partial charge on any atom is -0.464 e. The number of anilines is 2. The molecular weight excluding hydrogens is 448 g/mol. The van der Waals surface area contributed by atoms with Crippen LogP contribution in [0.4, 0.5) is 11.4 Å². The zero-order chi connectivity index (χ0) is 24.0. The number of Topliss-reactive ketones (excluding diaryl/α,β-unsaturated/α-hetero) is 1. The van der Waals surface area contributed by atoms with Crippen LogP contribution >= 0.6 is 11.6 Å². The third kappa shape index (κ3) is 4.16. The van der Waals surface area contributed by atoms with Crippen molar-refractivity contribution in [2.75, 3.05) is 10.2 Å². The molecule has 1 N–H and O–H groups in total. The van der Waals surface area contributed by atoms with Crippen LogP contribution < -0.4 is 10.2 Å². The summed E-state index contributed by atoms with van der Waals surface area (Å²) in [5.41, 5.74) is 3.66. The Balaban J connectivity index is 1.69. The highest BCUT2D eigenvalue weighted by molar-refractivity contribution is 6.30. The van der Waals surface area contributed by atoms with E-state index in [1.807, 2.05) is 55.5 Å². The number of rotatable bonds is 3. The van der Waals surface area contributed by atoms with E-state index in [2.05, 4.69) is 19.2 Å². The molecule has 1 amide bonds. The molecule has 2 heterocycles. The zero-order valence-corrected chi connectivity index (χ0v) is 20.3. The van der Waals surface area contributed by atoms with Crippen LogP contribution in [0.15, 0.2) is 76.4 Å². The Hall–Kier alpha value is -3.31. The summed E-state index contributed by atoms with van der Waals surface area (Å²) in [6.45, 7) is 6.07. The predicted octanol–water partition coefficient (Wildman–Crippen LogP) is 6.63. The Morgan fingerprint density at radius 2 is 1.82 bits per heavy atom. The van der Waals surface area contributed by atoms with Crippen LogP contribution in [0.2, 0.25) is 5.02 Å². The van der Waals surface area contributed by atoms with E-state index in [1.165, 1.54) is 0 Å². The summed E-state index contributed by atoms with van der Waals surface area (Å²) in [5, 5.41) is 4.14. The Morgan fingerprint density at radius 1 is 1.09 bits per heavy atom. The smallest absolute Gasteiger partial charge is 0.232 e. The van der Waals surface area contributed by atoms with Crippen molar-refractivity contribution in [3.8, 4) is 0 Å². The van der Waals surface area contributed by atoms with Crippen LogP contribution in [0.1, 0.15) is 49.8 Å². The van der Waals surface area contributed by atoms with Gasteiger partial charge in [0.2, 0.25) is 5.91 Å². The number of hydrogen-bond acceptors (Lipinski definition) is 4. The lowest BCUT2D eigenvalue weighted by atomic mass is 9.74. The van der Waals surface area contributed by atoms with E-state index in [1.54, 1.807) is 17.0 Å². The number of carbonyl (C=O) groups is 2. The first-order chi connectivity index (χ1) is 16.2. The molecule has 0 fully saturated rings. The lowest BCUT2D eigenvalue weighted by Crippen LogP contribution is -2.40. The Labute approximate surface area is 204 Å². The van der Waals surface area contributed by atoms with Crippen LogP contribution in [-0.4, -0.2) is 11.7 Å². The molecule has 5 nitrogen and oxygen atoms in total. The molecule has 1 aliphatic heterocycles. The highest BCUT2D eigenvalue weighted by Crippen LogP contribution is 2.48. The second-order valence-corrected chi connectivity index (χ2v) is 10.3. The van der Waals surface area contributed by atoms with Gasteiger partial charge in [0, 0.05) is 22.7 Å². The molecule has 6 heteroatoms. The summed E-state index contributed by atoms with van der Waals surface area (Å²) in [4.78, 5) is 29.3. The van der Waals surface area contributed by atoms with Gasteiger partial charge in [0.15, 0.2) is 5.78 Å². The number of hydrogen-bond donors (Lipinski definition) is 1. The normalized spacial score (nSPS) is 19.2. The molecular formula is C28H27ClN2O3. The van der Waals surface area contributed by atoms with Crippen molar-refractivity contribution in [3.63, 3.8) is 0 Å². The van der Waals surface area contributed by atoms with Crippen LogP contribution in [0.3, 0.4) is 0 Å². The number of nitrogens with zero attached hydrogens (tertiary/aromatic N) is 1. The van der Waals surface area contributed by atoms with Crippen molar-refractivity contribution >= 4 is 34.7 Å². The van der Waals surface area contributed by atoms with Gasteiger partial charge in [-0.1, -0.05) is 49.7 Å². The topological polar surface area (TPSA) is 62.6 Å². The number of furan rings is 1. The molecule has 174 valence electrons. The van der Waals surface area contributed by atoms with Crippen molar-refractivity contribution in [1.82, 2.24) is 0 Å². The molecule has 0 radical (unpaired) electrons. The molecule has 34 heavy (non-hydrogen) atoms. The third-order valence-electron chi connectivity index (χ3n) is 6.47. The fraction of sp³-hybridized carbons (Fsp3) is 0.286. The summed E-state index contributed by atoms with van der Waals surface area (Å²) < 4.78 is 6.06. The van der Waals surface area contributed by atoms with Crippen LogP contribution in [0, 0.1) is 12.3 Å². The quantitative estimate of drug-likeness (QED) is 0.463. The van der Waals surface area contributed by atoms with Crippen LogP contribution in [0.25, 0.3) is 0 Å². The first-order valence-corrected chi connectivity index (χ1v) is 11.8. The molecule has 5 rings (SSSR count). The number of amides is 1. The highest BCUT2D eigenvalue weighted by atomic mass is 35.5. The lowest BCUT2D eigenvalue weighted by Gasteiger charge is -2.36. The molecule has 1 unspecified atom stereocenters. The second kappa shape index (κ2) is 8.48. The Morgan fingerprint density at radius 3 is 2.53 bits per heavy atom. The first-order valence-electron chi connectivity index (χ1n) is 11.5.